The van der Waals surface area contributed by atoms with Crippen LogP contribution in [0.1, 0.15) is 17.9 Å². The first-order valence-corrected chi connectivity index (χ1v) is 5.37. The second-order valence-electron chi connectivity index (χ2n) is 3.42. The summed E-state index contributed by atoms with van der Waals surface area (Å²) in [6.45, 7) is 0. The second kappa shape index (κ2) is 3.73. The molecule has 2 atom stereocenters. The SMILES string of the molecule is O=C(Cl)C1CC1c1cc(Cl)ccc1Cl. The maximum absolute atomic E-state index is 10.9. The van der Waals surface area contributed by atoms with Gasteiger partial charge < -0.3 is 0 Å². The van der Waals surface area contributed by atoms with Crippen LogP contribution in [0.3, 0.4) is 0 Å². The Morgan fingerprint density at radius 3 is 2.64 bits per heavy atom. The van der Waals surface area contributed by atoms with Crippen LogP contribution >= 0.6 is 34.8 Å². The van der Waals surface area contributed by atoms with Crippen molar-refractivity contribution in [3.63, 3.8) is 0 Å². The molecule has 1 nitrogen and oxygen atoms in total. The van der Waals surface area contributed by atoms with Gasteiger partial charge in [-0.05, 0) is 47.7 Å². The van der Waals surface area contributed by atoms with Crippen molar-refractivity contribution in [3.8, 4) is 0 Å². The van der Waals surface area contributed by atoms with E-state index in [0.717, 1.165) is 12.0 Å². The van der Waals surface area contributed by atoms with Gasteiger partial charge in [-0.2, -0.15) is 0 Å². The van der Waals surface area contributed by atoms with Crippen molar-refractivity contribution in [2.45, 2.75) is 12.3 Å². The highest BCUT2D eigenvalue weighted by Crippen LogP contribution is 2.51. The maximum Gasteiger partial charge on any atom is 0.225 e. The Kier molecular flexibility index (Phi) is 2.74. The van der Waals surface area contributed by atoms with E-state index in [0.29, 0.717) is 10.0 Å². The van der Waals surface area contributed by atoms with Crippen molar-refractivity contribution in [1.29, 1.82) is 0 Å². The number of benzene rings is 1. The average molecular weight is 250 g/mol. The quantitative estimate of drug-likeness (QED) is 0.727. The molecule has 14 heavy (non-hydrogen) atoms. The molecule has 0 saturated heterocycles. The van der Waals surface area contributed by atoms with E-state index in [2.05, 4.69) is 0 Å². The molecule has 2 unspecified atom stereocenters. The predicted molar refractivity (Wildman–Crippen MR) is 58.2 cm³/mol. The lowest BCUT2D eigenvalue weighted by molar-refractivity contribution is -0.112. The van der Waals surface area contributed by atoms with E-state index in [1.807, 2.05) is 0 Å². The summed E-state index contributed by atoms with van der Waals surface area (Å²) >= 11 is 17.2. The summed E-state index contributed by atoms with van der Waals surface area (Å²) in [5, 5.41) is 1.00. The highest BCUT2D eigenvalue weighted by Gasteiger charge is 2.44. The Labute approximate surface area is 97.0 Å². The lowest BCUT2D eigenvalue weighted by Crippen LogP contribution is -1.92. The van der Waals surface area contributed by atoms with E-state index in [-0.39, 0.29) is 17.1 Å². The summed E-state index contributed by atoms with van der Waals surface area (Å²) < 4.78 is 0. The van der Waals surface area contributed by atoms with Gasteiger partial charge in [-0.1, -0.05) is 23.2 Å². The van der Waals surface area contributed by atoms with Crippen molar-refractivity contribution in [1.82, 2.24) is 0 Å². The summed E-state index contributed by atoms with van der Waals surface area (Å²) in [5.41, 5.74) is 0.929. The topological polar surface area (TPSA) is 17.1 Å². The first-order chi connectivity index (χ1) is 6.59. The Hall–Kier alpha value is -0.240. The van der Waals surface area contributed by atoms with Gasteiger partial charge >= 0.3 is 0 Å². The van der Waals surface area contributed by atoms with Gasteiger partial charge in [0.25, 0.3) is 0 Å². The standard InChI is InChI=1S/C10H7Cl3O/c11-5-1-2-9(12)7(3-5)6-4-8(6)10(13)14/h1-3,6,8H,4H2. The van der Waals surface area contributed by atoms with Gasteiger partial charge in [0.05, 0.1) is 0 Å². The van der Waals surface area contributed by atoms with Crippen molar-refractivity contribution in [3.05, 3.63) is 33.8 Å². The molecule has 1 aromatic rings. The Morgan fingerprint density at radius 1 is 1.36 bits per heavy atom. The van der Waals surface area contributed by atoms with Crippen LogP contribution in [0.25, 0.3) is 0 Å². The van der Waals surface area contributed by atoms with Crippen LogP contribution in [0.5, 0.6) is 0 Å². The molecule has 2 rings (SSSR count). The monoisotopic (exact) mass is 248 g/mol. The van der Waals surface area contributed by atoms with E-state index in [4.69, 9.17) is 34.8 Å². The third-order valence-electron chi connectivity index (χ3n) is 2.44. The largest absolute Gasteiger partial charge is 0.281 e. The minimum absolute atomic E-state index is 0.0763. The van der Waals surface area contributed by atoms with Gasteiger partial charge in [-0.15, -0.1) is 0 Å². The lowest BCUT2D eigenvalue weighted by Gasteiger charge is -2.02. The number of carbonyl (C=O) groups excluding carboxylic acids is 1. The molecular formula is C10H7Cl3O. The van der Waals surface area contributed by atoms with E-state index in [1.165, 1.54) is 0 Å². The number of halogens is 3. The van der Waals surface area contributed by atoms with E-state index in [1.54, 1.807) is 18.2 Å². The third kappa shape index (κ3) is 1.90. The fourth-order valence-corrected chi connectivity index (χ4v) is 2.27. The average Bonchev–Trinajstić information content (AvgIpc) is 2.88. The summed E-state index contributed by atoms with van der Waals surface area (Å²) in [6, 6.07) is 5.27. The van der Waals surface area contributed by atoms with E-state index in [9.17, 15) is 4.79 Å². The molecule has 1 aromatic carbocycles. The van der Waals surface area contributed by atoms with Crippen LogP contribution in [0.15, 0.2) is 18.2 Å². The van der Waals surface area contributed by atoms with Gasteiger partial charge in [-0.25, -0.2) is 0 Å². The second-order valence-corrected chi connectivity index (χ2v) is 4.63. The van der Waals surface area contributed by atoms with Gasteiger partial charge in [0.2, 0.25) is 5.24 Å². The smallest absolute Gasteiger partial charge is 0.225 e. The zero-order valence-electron chi connectivity index (χ0n) is 7.14. The summed E-state index contributed by atoms with van der Waals surface area (Å²) in [4.78, 5) is 10.9. The molecule has 74 valence electrons. The molecule has 0 bridgehead atoms. The molecule has 4 heteroatoms. The molecule has 0 radical (unpaired) electrons. The number of carbonyl (C=O) groups is 1. The fraction of sp³-hybridized carbons (Fsp3) is 0.300. The third-order valence-corrected chi connectivity index (χ3v) is 3.30. The summed E-state index contributed by atoms with van der Waals surface area (Å²) in [5.74, 6) is 0.0823. The number of hydrogen-bond donors (Lipinski definition) is 0. The summed E-state index contributed by atoms with van der Waals surface area (Å²) in [7, 11) is 0. The lowest BCUT2D eigenvalue weighted by atomic mass is 10.1. The van der Waals surface area contributed by atoms with Gasteiger partial charge in [0.1, 0.15) is 0 Å². The van der Waals surface area contributed by atoms with Crippen LogP contribution in [0.4, 0.5) is 0 Å². The molecule has 1 fully saturated rings. The van der Waals surface area contributed by atoms with Crippen LogP contribution < -0.4 is 0 Å². The fourth-order valence-electron chi connectivity index (χ4n) is 1.59. The Morgan fingerprint density at radius 2 is 2.07 bits per heavy atom. The van der Waals surface area contributed by atoms with Crippen LogP contribution in [0.2, 0.25) is 10.0 Å². The van der Waals surface area contributed by atoms with Crippen molar-refractivity contribution < 1.29 is 4.79 Å². The minimum atomic E-state index is -0.286. The molecule has 1 aliphatic carbocycles. The highest BCUT2D eigenvalue weighted by molar-refractivity contribution is 6.64. The molecular weight excluding hydrogens is 242 g/mol. The van der Waals surface area contributed by atoms with Crippen LogP contribution in [-0.4, -0.2) is 5.24 Å². The van der Waals surface area contributed by atoms with Gasteiger partial charge in [0, 0.05) is 16.0 Å². The number of hydrogen-bond acceptors (Lipinski definition) is 1. The van der Waals surface area contributed by atoms with Gasteiger partial charge in [-0.3, -0.25) is 4.79 Å². The minimum Gasteiger partial charge on any atom is -0.281 e. The molecule has 0 aromatic heterocycles. The zero-order chi connectivity index (χ0) is 10.3. The first kappa shape index (κ1) is 10.3. The summed E-state index contributed by atoms with van der Waals surface area (Å²) in [6.07, 6.45) is 0.780. The molecule has 0 N–H and O–H groups in total. The normalized spacial score (nSPS) is 24.8. The molecule has 1 saturated carbocycles. The Balaban J connectivity index is 2.26. The van der Waals surface area contributed by atoms with Gasteiger partial charge in [0.15, 0.2) is 0 Å². The number of rotatable bonds is 2. The molecule has 0 spiro atoms. The van der Waals surface area contributed by atoms with Crippen molar-refractivity contribution >= 4 is 40.0 Å². The van der Waals surface area contributed by atoms with Crippen molar-refractivity contribution in [2.75, 3.05) is 0 Å². The van der Waals surface area contributed by atoms with E-state index < -0.39 is 0 Å². The zero-order valence-corrected chi connectivity index (χ0v) is 9.40. The first-order valence-electron chi connectivity index (χ1n) is 4.24. The highest BCUT2D eigenvalue weighted by atomic mass is 35.5. The maximum atomic E-state index is 10.9. The van der Waals surface area contributed by atoms with Crippen LogP contribution in [0, 0.1) is 5.92 Å². The molecule has 1 aliphatic rings. The Bertz CT molecular complexity index is 389. The predicted octanol–water partition coefficient (Wildman–Crippen LogP) is 3.86. The molecule has 0 amide bonds. The molecule has 0 heterocycles. The van der Waals surface area contributed by atoms with Crippen LogP contribution in [-0.2, 0) is 4.79 Å². The van der Waals surface area contributed by atoms with Crippen molar-refractivity contribution in [2.24, 2.45) is 5.92 Å². The van der Waals surface area contributed by atoms with E-state index >= 15 is 0 Å². The molecule has 0 aliphatic heterocycles.